The molecule has 2 aliphatic rings. The fraction of sp³-hybridized carbons (Fsp3) is 0.367. The highest BCUT2D eigenvalue weighted by Crippen LogP contribution is 2.61. The van der Waals surface area contributed by atoms with Crippen LogP contribution in [-0.4, -0.2) is 44.8 Å². The Morgan fingerprint density at radius 2 is 1.90 bits per heavy atom. The van der Waals surface area contributed by atoms with Crippen molar-refractivity contribution in [1.29, 1.82) is 0 Å². The second kappa shape index (κ2) is 10.3. The zero-order valence-corrected chi connectivity index (χ0v) is 23.5. The Labute approximate surface area is 240 Å². The largest absolute Gasteiger partial charge is 0.493 e. The van der Waals surface area contributed by atoms with E-state index >= 15 is 0 Å². The van der Waals surface area contributed by atoms with Gasteiger partial charge in [-0.25, -0.2) is 8.78 Å². The number of carbonyl (C=O) groups excluding carboxylic acids is 2. The summed E-state index contributed by atoms with van der Waals surface area (Å²) < 4.78 is 39.6. The first-order valence-corrected chi connectivity index (χ1v) is 13.7. The normalized spacial score (nSPS) is 17.5. The molecule has 1 unspecified atom stereocenters. The van der Waals surface area contributed by atoms with Crippen LogP contribution in [0.1, 0.15) is 71.5 Å². The summed E-state index contributed by atoms with van der Waals surface area (Å²) in [7, 11) is 0. The fourth-order valence-corrected chi connectivity index (χ4v) is 5.82. The zero-order valence-electron chi connectivity index (χ0n) is 23.5. The van der Waals surface area contributed by atoms with Crippen LogP contribution in [0.3, 0.4) is 0 Å². The van der Waals surface area contributed by atoms with Crippen LogP contribution in [0.4, 0.5) is 14.5 Å². The molecule has 1 aliphatic carbocycles. The van der Waals surface area contributed by atoms with Crippen molar-refractivity contribution >= 4 is 17.5 Å². The monoisotopic (exact) mass is 576 g/mol. The van der Waals surface area contributed by atoms with Gasteiger partial charge in [0, 0.05) is 34.2 Å². The Morgan fingerprint density at radius 3 is 2.55 bits per heavy atom. The van der Waals surface area contributed by atoms with Gasteiger partial charge in [0.25, 0.3) is 5.91 Å². The Morgan fingerprint density at radius 1 is 1.14 bits per heavy atom. The molecule has 12 heteroatoms. The van der Waals surface area contributed by atoms with Gasteiger partial charge in [-0.2, -0.15) is 5.10 Å². The number of hydrogen-bond donors (Lipinski definition) is 3. The lowest BCUT2D eigenvalue weighted by molar-refractivity contribution is -0.119. The van der Waals surface area contributed by atoms with Gasteiger partial charge in [0.2, 0.25) is 5.91 Å². The highest BCUT2D eigenvalue weighted by molar-refractivity contribution is 6.02. The summed E-state index contributed by atoms with van der Waals surface area (Å²) in [6, 6.07) is 4.36. The first-order chi connectivity index (χ1) is 20.1. The lowest BCUT2D eigenvalue weighted by Crippen LogP contribution is -2.52. The van der Waals surface area contributed by atoms with E-state index < -0.39 is 40.8 Å². The number of rotatable bonds is 7. The van der Waals surface area contributed by atoms with Crippen molar-refractivity contribution in [3.05, 3.63) is 76.6 Å². The number of hydrogen-bond acceptors (Lipinski definition) is 7. The quantitative estimate of drug-likeness (QED) is 0.276. The van der Waals surface area contributed by atoms with Gasteiger partial charge in [0.05, 0.1) is 35.6 Å². The number of aromatic nitrogens is 4. The number of carbonyl (C=O) groups is 2. The van der Waals surface area contributed by atoms with Crippen LogP contribution in [0.5, 0.6) is 5.75 Å². The SMILES string of the molecule is Cc1n[nH]c(C)c1-c1ccc(NC(=O)[C@@H](NC(=O)c2conc2C(C)C)C2c3cc(F)c(F)cc3OCC23CC3)cn1. The Bertz CT molecular complexity index is 1660. The summed E-state index contributed by atoms with van der Waals surface area (Å²) in [4.78, 5) is 32.1. The average Bonchev–Trinajstić information content (AvgIpc) is 3.38. The molecule has 1 aromatic carbocycles. The highest BCUT2D eigenvalue weighted by atomic mass is 19.2. The smallest absolute Gasteiger partial charge is 0.257 e. The summed E-state index contributed by atoms with van der Waals surface area (Å²) in [6.45, 7) is 7.71. The van der Waals surface area contributed by atoms with Crippen molar-refractivity contribution in [2.75, 3.05) is 11.9 Å². The molecule has 1 fully saturated rings. The van der Waals surface area contributed by atoms with Gasteiger partial charge in [0.1, 0.15) is 23.6 Å². The number of amides is 2. The summed E-state index contributed by atoms with van der Waals surface area (Å²) in [5, 5.41) is 16.8. The van der Waals surface area contributed by atoms with E-state index in [2.05, 4.69) is 31.0 Å². The van der Waals surface area contributed by atoms with Gasteiger partial charge >= 0.3 is 0 Å². The number of aromatic amines is 1. The average molecular weight is 577 g/mol. The number of H-pyrrole nitrogens is 1. The molecule has 218 valence electrons. The maximum atomic E-state index is 14.5. The molecule has 1 spiro atoms. The third-order valence-corrected chi connectivity index (χ3v) is 8.16. The van der Waals surface area contributed by atoms with Crippen molar-refractivity contribution < 1.29 is 27.6 Å². The van der Waals surface area contributed by atoms with E-state index in [1.54, 1.807) is 12.1 Å². The molecule has 6 rings (SSSR count). The molecule has 0 bridgehead atoms. The van der Waals surface area contributed by atoms with E-state index in [0.29, 0.717) is 35.5 Å². The first kappa shape index (κ1) is 27.6. The van der Waals surface area contributed by atoms with Gasteiger partial charge < -0.3 is 19.9 Å². The van der Waals surface area contributed by atoms with Crippen LogP contribution in [0.2, 0.25) is 0 Å². The zero-order chi connectivity index (χ0) is 29.8. The van der Waals surface area contributed by atoms with E-state index in [0.717, 1.165) is 29.1 Å². The molecule has 2 amide bonds. The molecule has 4 heterocycles. The first-order valence-electron chi connectivity index (χ1n) is 13.7. The van der Waals surface area contributed by atoms with Gasteiger partial charge in [0.15, 0.2) is 11.6 Å². The number of fused-ring (bicyclic) bond motifs is 1. The number of nitrogens with one attached hydrogen (secondary N) is 3. The summed E-state index contributed by atoms with van der Waals surface area (Å²) in [5.41, 5.74) is 4.06. The second-order valence-corrected chi connectivity index (χ2v) is 11.4. The van der Waals surface area contributed by atoms with E-state index in [1.165, 1.54) is 12.5 Å². The molecule has 10 nitrogen and oxygen atoms in total. The number of aryl methyl sites for hydroxylation is 2. The minimum atomic E-state index is -1.17. The Kier molecular flexibility index (Phi) is 6.78. The van der Waals surface area contributed by atoms with Crippen LogP contribution in [0.15, 0.2) is 41.2 Å². The van der Waals surface area contributed by atoms with Crippen molar-refractivity contribution in [1.82, 2.24) is 25.7 Å². The third-order valence-electron chi connectivity index (χ3n) is 8.16. The number of anilines is 1. The molecule has 42 heavy (non-hydrogen) atoms. The summed E-state index contributed by atoms with van der Waals surface area (Å²) in [6.07, 6.45) is 4.15. The predicted octanol–water partition coefficient (Wildman–Crippen LogP) is 5.17. The standard InChI is InChI=1S/C30H30F2N6O4/c1-14(2)26-19(12-42-38-26)28(39)35-27(25-18-9-20(31)21(32)10-23(18)41-13-30(25)7-8-30)29(40)34-17-5-6-22(33-11-17)24-15(3)36-37-16(24)4/h5-6,9-12,14,25,27H,7-8,13H2,1-4H3,(H,34,40)(H,35,39)(H,36,37)/t25?,27-/m0/s1. The summed E-state index contributed by atoms with van der Waals surface area (Å²) in [5.74, 6) is -3.87. The maximum absolute atomic E-state index is 14.5. The van der Waals surface area contributed by atoms with Crippen LogP contribution < -0.4 is 15.4 Å². The minimum absolute atomic E-state index is 0.112. The molecule has 2 atom stereocenters. The maximum Gasteiger partial charge on any atom is 0.257 e. The van der Waals surface area contributed by atoms with Gasteiger partial charge in [-0.05, 0) is 50.8 Å². The van der Waals surface area contributed by atoms with E-state index in [4.69, 9.17) is 9.26 Å². The molecule has 4 aromatic rings. The number of benzene rings is 1. The lowest BCUT2D eigenvalue weighted by atomic mass is 9.75. The predicted molar refractivity (Wildman–Crippen MR) is 148 cm³/mol. The van der Waals surface area contributed by atoms with E-state index in [1.807, 2.05) is 27.7 Å². The number of pyridine rings is 1. The van der Waals surface area contributed by atoms with Crippen LogP contribution in [0.25, 0.3) is 11.3 Å². The van der Waals surface area contributed by atoms with Crippen molar-refractivity contribution in [2.45, 2.75) is 58.4 Å². The highest BCUT2D eigenvalue weighted by Gasteiger charge is 2.58. The molecular weight excluding hydrogens is 546 g/mol. The molecule has 0 radical (unpaired) electrons. The van der Waals surface area contributed by atoms with E-state index in [9.17, 15) is 18.4 Å². The number of halogens is 2. The molecule has 1 saturated carbocycles. The van der Waals surface area contributed by atoms with Crippen LogP contribution in [-0.2, 0) is 4.79 Å². The number of ether oxygens (including phenoxy) is 1. The minimum Gasteiger partial charge on any atom is -0.493 e. The lowest BCUT2D eigenvalue weighted by Gasteiger charge is -2.38. The van der Waals surface area contributed by atoms with Gasteiger partial charge in [-0.1, -0.05) is 19.0 Å². The van der Waals surface area contributed by atoms with E-state index in [-0.39, 0.29) is 23.8 Å². The third kappa shape index (κ3) is 4.80. The summed E-state index contributed by atoms with van der Waals surface area (Å²) >= 11 is 0. The van der Waals surface area contributed by atoms with Gasteiger partial charge in [-0.3, -0.25) is 19.7 Å². The topological polar surface area (TPSA) is 135 Å². The molecular formula is C30H30F2N6O4. The number of nitrogens with zero attached hydrogens (tertiary/aromatic N) is 3. The van der Waals surface area contributed by atoms with Crippen molar-refractivity contribution in [3.8, 4) is 17.0 Å². The Hall–Kier alpha value is -4.61. The van der Waals surface area contributed by atoms with Crippen molar-refractivity contribution in [3.63, 3.8) is 0 Å². The van der Waals surface area contributed by atoms with Crippen LogP contribution in [0, 0.1) is 30.9 Å². The molecule has 3 aromatic heterocycles. The molecule has 3 N–H and O–H groups in total. The second-order valence-electron chi connectivity index (χ2n) is 11.4. The molecule has 1 aliphatic heterocycles. The van der Waals surface area contributed by atoms with Crippen LogP contribution >= 0.6 is 0 Å². The molecule has 0 saturated heterocycles. The Balaban J connectivity index is 1.36. The van der Waals surface area contributed by atoms with Gasteiger partial charge in [-0.15, -0.1) is 0 Å². The van der Waals surface area contributed by atoms with Crippen molar-refractivity contribution in [2.24, 2.45) is 5.41 Å². The fourth-order valence-electron chi connectivity index (χ4n) is 5.82.